The Morgan fingerprint density at radius 1 is 0.230 bits per heavy atom. The van der Waals surface area contributed by atoms with Gasteiger partial charge in [-0.3, -0.25) is 47.9 Å². The van der Waals surface area contributed by atoms with Crippen molar-refractivity contribution in [3.63, 3.8) is 0 Å². The van der Waals surface area contributed by atoms with Crippen LogP contribution in [0.15, 0.2) is 0 Å². The molecule has 0 N–H and O–H groups in total. The third-order valence-electron chi connectivity index (χ3n) is 9.18. The van der Waals surface area contributed by atoms with Gasteiger partial charge in [-0.05, 0) is 166 Å². The van der Waals surface area contributed by atoms with Crippen LogP contribution in [-0.2, 0) is 95.3 Å². The fourth-order valence-electron chi connectivity index (χ4n) is 5.70. The lowest BCUT2D eigenvalue weighted by atomic mass is 9.96. The van der Waals surface area contributed by atoms with E-state index in [4.69, 9.17) is 47.4 Å². The van der Waals surface area contributed by atoms with Crippen LogP contribution < -0.4 is 0 Å². The fourth-order valence-corrected chi connectivity index (χ4v) is 5.70. The Bertz CT molecular complexity index is 1830. The monoisotopic (exact) mass is 1060 g/mol. The molecule has 0 rings (SSSR count). The van der Waals surface area contributed by atoms with Gasteiger partial charge in [-0.2, -0.15) is 0 Å². The van der Waals surface area contributed by atoms with E-state index < -0.39 is 179 Å². The standard InChI is InChI=1S/C54H90O20/c1-47(2,3)43(61)67-33(25-37(55)65-31(27-39(57)71-51(13,14)15)35(69-45(63)49(7,8)9)29-41(59)73-53(19,20)21)34(68-44(62)48(4,5)6)26-38(56)66-32(28-40(58)72-52(16,17)18)36(70-46(64)50(10,11)12)30-42(60)74-54(22,23)24/h31-36H,25-30H2,1-24H3. The normalized spacial score (nSPS) is 15.3. The summed E-state index contributed by atoms with van der Waals surface area (Å²) < 4.78 is 57.0. The SMILES string of the molecule is CC(C)(C)OC(=O)CC(OC(=O)CC(OC(=O)C(C)(C)C)C(CC(=O)OC(CC(=O)OC(C)(C)C)C(CC(=O)OC(C)(C)C)OC(=O)C(C)(C)C)OC(=O)C(C)(C)C)C(CC(=O)OC(C)(C)C)OC(=O)C(C)(C)C. The summed E-state index contributed by atoms with van der Waals surface area (Å²) in [5, 5.41) is 0. The Labute approximate surface area is 439 Å². The summed E-state index contributed by atoms with van der Waals surface area (Å²) in [4.78, 5) is 137. The zero-order valence-corrected chi connectivity index (χ0v) is 48.9. The second-order valence-corrected chi connectivity index (χ2v) is 26.4. The summed E-state index contributed by atoms with van der Waals surface area (Å²) in [5.41, 5.74) is -8.98. The lowest BCUT2D eigenvalue weighted by Gasteiger charge is -2.33. The molecule has 0 aliphatic carbocycles. The molecule has 0 saturated carbocycles. The van der Waals surface area contributed by atoms with Crippen LogP contribution in [0, 0.1) is 21.7 Å². The maximum atomic E-state index is 14.4. The highest BCUT2D eigenvalue weighted by molar-refractivity contribution is 5.81. The molecule has 0 aromatic carbocycles. The zero-order chi connectivity index (χ0) is 58.6. The number of carbonyl (C=O) groups is 10. The van der Waals surface area contributed by atoms with E-state index in [9.17, 15) is 47.9 Å². The number of hydrogen-bond donors (Lipinski definition) is 0. The smallest absolute Gasteiger partial charge is 0.311 e. The van der Waals surface area contributed by atoms with E-state index in [0.717, 1.165) is 0 Å². The Kier molecular flexibility index (Phi) is 24.6. The van der Waals surface area contributed by atoms with E-state index in [0.29, 0.717) is 0 Å². The first-order valence-electron chi connectivity index (χ1n) is 24.9. The van der Waals surface area contributed by atoms with Crippen molar-refractivity contribution in [1.82, 2.24) is 0 Å². The Morgan fingerprint density at radius 2 is 0.365 bits per heavy atom. The van der Waals surface area contributed by atoms with Crippen LogP contribution in [-0.4, -0.2) is 119 Å². The molecule has 426 valence electrons. The first-order valence-corrected chi connectivity index (χ1v) is 24.9. The maximum absolute atomic E-state index is 14.4. The van der Waals surface area contributed by atoms with Crippen molar-refractivity contribution in [3.8, 4) is 0 Å². The van der Waals surface area contributed by atoms with E-state index in [-0.39, 0.29) is 0 Å². The molecule has 74 heavy (non-hydrogen) atoms. The predicted octanol–water partition coefficient (Wildman–Crippen LogP) is 8.35. The molecule has 0 heterocycles. The minimum atomic E-state index is -1.88. The first kappa shape index (κ1) is 68.7. The minimum Gasteiger partial charge on any atom is -0.460 e. The van der Waals surface area contributed by atoms with Gasteiger partial charge < -0.3 is 47.4 Å². The van der Waals surface area contributed by atoms with Crippen LogP contribution in [0.4, 0.5) is 0 Å². The lowest BCUT2D eigenvalue weighted by Crippen LogP contribution is -2.46. The number of hydrogen-bond acceptors (Lipinski definition) is 20. The van der Waals surface area contributed by atoms with Crippen molar-refractivity contribution in [2.75, 3.05) is 0 Å². The summed E-state index contributed by atoms with van der Waals surface area (Å²) in [6.07, 6.45) is -15.5. The van der Waals surface area contributed by atoms with Gasteiger partial charge in [0.1, 0.15) is 59.0 Å². The topological polar surface area (TPSA) is 263 Å². The number of carbonyl (C=O) groups excluding carboxylic acids is 10. The largest absolute Gasteiger partial charge is 0.460 e. The van der Waals surface area contributed by atoms with Crippen molar-refractivity contribution < 1.29 is 95.3 Å². The molecule has 20 heteroatoms. The second-order valence-electron chi connectivity index (χ2n) is 26.4. The quantitative estimate of drug-likeness (QED) is 0.0772. The highest BCUT2D eigenvalue weighted by Crippen LogP contribution is 2.29. The van der Waals surface area contributed by atoms with Gasteiger partial charge in [0, 0.05) is 0 Å². The van der Waals surface area contributed by atoms with Crippen LogP contribution in [0.1, 0.15) is 205 Å². The van der Waals surface area contributed by atoms with Crippen LogP contribution >= 0.6 is 0 Å². The molecule has 20 nitrogen and oxygen atoms in total. The van der Waals surface area contributed by atoms with E-state index in [1.165, 1.54) is 83.1 Å². The summed E-state index contributed by atoms with van der Waals surface area (Å²) >= 11 is 0. The molecular weight excluding hydrogens is 969 g/mol. The van der Waals surface area contributed by atoms with Gasteiger partial charge in [0.15, 0.2) is 0 Å². The van der Waals surface area contributed by atoms with Crippen LogP contribution in [0.2, 0.25) is 0 Å². The van der Waals surface area contributed by atoms with Crippen molar-refractivity contribution >= 4 is 59.7 Å². The summed E-state index contributed by atoms with van der Waals surface area (Å²) in [5.74, 6) is -9.70. The molecule has 0 aromatic heterocycles. The van der Waals surface area contributed by atoms with Crippen LogP contribution in [0.25, 0.3) is 0 Å². The highest BCUT2D eigenvalue weighted by atomic mass is 16.6. The van der Waals surface area contributed by atoms with Crippen molar-refractivity contribution in [3.05, 3.63) is 0 Å². The van der Waals surface area contributed by atoms with Gasteiger partial charge in [0.2, 0.25) is 0 Å². The zero-order valence-electron chi connectivity index (χ0n) is 48.9. The third kappa shape index (κ3) is 29.6. The molecule has 0 spiro atoms. The average Bonchev–Trinajstić information content (AvgIpc) is 3.11. The molecule has 0 aromatic rings. The number of rotatable bonds is 21. The van der Waals surface area contributed by atoms with Crippen LogP contribution in [0.5, 0.6) is 0 Å². The van der Waals surface area contributed by atoms with E-state index in [2.05, 4.69) is 0 Å². The van der Waals surface area contributed by atoms with Gasteiger partial charge in [0.05, 0.1) is 60.2 Å². The molecule has 0 fully saturated rings. The molecule has 0 saturated heterocycles. The average molecular weight is 1060 g/mol. The molecule has 6 atom stereocenters. The number of esters is 10. The van der Waals surface area contributed by atoms with Gasteiger partial charge in [0.25, 0.3) is 0 Å². The maximum Gasteiger partial charge on any atom is 0.311 e. The fraction of sp³-hybridized carbons (Fsp3) is 0.815. The van der Waals surface area contributed by atoms with E-state index in [1.807, 2.05) is 0 Å². The van der Waals surface area contributed by atoms with Crippen molar-refractivity contribution in [2.45, 2.75) is 264 Å². The van der Waals surface area contributed by atoms with Crippen LogP contribution in [0.3, 0.4) is 0 Å². The lowest BCUT2D eigenvalue weighted by molar-refractivity contribution is -0.193. The Balaban J connectivity index is 7.94. The van der Waals surface area contributed by atoms with Gasteiger partial charge in [-0.15, -0.1) is 0 Å². The van der Waals surface area contributed by atoms with Gasteiger partial charge in [-0.1, -0.05) is 0 Å². The van der Waals surface area contributed by atoms with Crippen molar-refractivity contribution in [1.29, 1.82) is 0 Å². The molecule has 6 unspecified atom stereocenters. The Hall–Kier alpha value is -5.30. The first-order chi connectivity index (χ1) is 32.8. The van der Waals surface area contributed by atoms with Gasteiger partial charge >= 0.3 is 59.7 Å². The number of ether oxygens (including phenoxy) is 10. The highest BCUT2D eigenvalue weighted by Gasteiger charge is 2.44. The summed E-state index contributed by atoms with van der Waals surface area (Å²) in [6.45, 7) is 37.2. The Morgan fingerprint density at radius 3 is 0.500 bits per heavy atom. The van der Waals surface area contributed by atoms with E-state index >= 15 is 0 Å². The minimum absolute atomic E-state index is 0.704. The molecule has 0 radical (unpaired) electrons. The summed E-state index contributed by atoms with van der Waals surface area (Å²) in [7, 11) is 0. The molecule has 0 bridgehead atoms. The summed E-state index contributed by atoms with van der Waals surface area (Å²) in [6, 6.07) is 0. The second kappa shape index (κ2) is 26.5. The van der Waals surface area contributed by atoms with Crippen molar-refractivity contribution in [2.24, 2.45) is 21.7 Å². The molecule has 0 amide bonds. The molecule has 0 aliphatic heterocycles. The molecule has 0 aliphatic rings. The molecular formula is C54H90O20. The van der Waals surface area contributed by atoms with Gasteiger partial charge in [-0.25, -0.2) is 0 Å². The predicted molar refractivity (Wildman–Crippen MR) is 268 cm³/mol. The third-order valence-corrected chi connectivity index (χ3v) is 9.18. The van der Waals surface area contributed by atoms with E-state index in [1.54, 1.807) is 83.1 Å².